The Balaban J connectivity index is 1.60. The third-order valence-electron chi connectivity index (χ3n) is 4.89. The molecular weight excluding hydrogens is 416 g/mol. The smallest absolute Gasteiger partial charge is 0.269 e. The first-order valence-electron chi connectivity index (χ1n) is 9.95. The van der Waals surface area contributed by atoms with Gasteiger partial charge in [-0.2, -0.15) is 0 Å². The van der Waals surface area contributed by atoms with E-state index in [4.69, 9.17) is 0 Å². The molecule has 0 bridgehead atoms. The number of carbonyl (C=O) groups excluding carboxylic acids is 2. The van der Waals surface area contributed by atoms with E-state index in [1.165, 1.54) is 23.9 Å². The van der Waals surface area contributed by atoms with Gasteiger partial charge in [0.1, 0.15) is 6.54 Å². The third-order valence-corrected chi connectivity index (χ3v) is 5.91. The van der Waals surface area contributed by atoms with Crippen molar-refractivity contribution >= 4 is 45.9 Å². The fourth-order valence-corrected chi connectivity index (χ4v) is 3.95. The number of fused-ring (bicyclic) bond motifs is 1. The van der Waals surface area contributed by atoms with E-state index in [2.05, 4.69) is 5.32 Å². The molecule has 1 aromatic heterocycles. The van der Waals surface area contributed by atoms with Crippen molar-refractivity contribution in [1.82, 2.24) is 9.47 Å². The lowest BCUT2D eigenvalue weighted by molar-refractivity contribution is -0.384. The summed E-state index contributed by atoms with van der Waals surface area (Å²) in [5.41, 5.74) is 1.63. The Labute approximate surface area is 184 Å². The molecule has 162 valence electrons. The van der Waals surface area contributed by atoms with Gasteiger partial charge in [-0.1, -0.05) is 0 Å². The van der Waals surface area contributed by atoms with Gasteiger partial charge in [-0.05, 0) is 50.2 Å². The molecule has 9 heteroatoms. The van der Waals surface area contributed by atoms with Crippen LogP contribution in [0.15, 0.2) is 59.6 Å². The molecule has 2 aromatic carbocycles. The lowest BCUT2D eigenvalue weighted by atomic mass is 10.2. The maximum absolute atomic E-state index is 12.4. The van der Waals surface area contributed by atoms with Crippen LogP contribution in [0.5, 0.6) is 0 Å². The van der Waals surface area contributed by atoms with E-state index in [9.17, 15) is 19.7 Å². The highest BCUT2D eigenvalue weighted by Crippen LogP contribution is 2.23. The summed E-state index contributed by atoms with van der Waals surface area (Å²) >= 11 is 1.31. The predicted molar refractivity (Wildman–Crippen MR) is 122 cm³/mol. The highest BCUT2D eigenvalue weighted by Gasteiger charge is 2.12. The molecule has 0 aliphatic rings. The number of rotatable bonds is 9. The Morgan fingerprint density at radius 3 is 2.45 bits per heavy atom. The molecule has 0 saturated carbocycles. The Morgan fingerprint density at radius 1 is 1.10 bits per heavy atom. The van der Waals surface area contributed by atoms with E-state index in [1.807, 2.05) is 48.9 Å². The Hall–Kier alpha value is -3.33. The number of likely N-dealkylation sites (N-methyl/N-ethyl adjacent to an activating group) is 1. The van der Waals surface area contributed by atoms with Crippen LogP contribution in [0.25, 0.3) is 10.9 Å². The van der Waals surface area contributed by atoms with E-state index >= 15 is 0 Å². The molecule has 8 nitrogen and oxygen atoms in total. The number of thioether (sulfide) groups is 1. The summed E-state index contributed by atoms with van der Waals surface area (Å²) in [6, 6.07) is 13.6. The standard InChI is InChI=1S/C22H24N4O4S/c1-3-24(4-2)22(28)14-25-12-11-16-13-17(5-10-20(16)25)23-21(27)15-31-19-8-6-18(7-9-19)26(29)30/h5-13H,3-4,14-15H2,1-2H3,(H,23,27). The van der Waals surface area contributed by atoms with E-state index in [1.54, 1.807) is 17.0 Å². The zero-order chi connectivity index (χ0) is 22.4. The molecular formula is C22H24N4O4S. The van der Waals surface area contributed by atoms with Crippen LogP contribution in [-0.2, 0) is 16.1 Å². The number of hydrogen-bond donors (Lipinski definition) is 1. The van der Waals surface area contributed by atoms with Gasteiger partial charge in [0, 0.05) is 52.9 Å². The highest BCUT2D eigenvalue weighted by atomic mass is 32.2. The summed E-state index contributed by atoms with van der Waals surface area (Å²) in [4.78, 5) is 37.5. The molecule has 0 unspecified atom stereocenters. The molecule has 3 aromatic rings. The summed E-state index contributed by atoms with van der Waals surface area (Å²) in [6.07, 6.45) is 1.88. The van der Waals surface area contributed by atoms with Crippen molar-refractivity contribution in [3.63, 3.8) is 0 Å². The summed E-state index contributed by atoms with van der Waals surface area (Å²) in [5, 5.41) is 14.5. The van der Waals surface area contributed by atoms with Crippen molar-refractivity contribution in [3.8, 4) is 0 Å². The number of nitrogens with zero attached hydrogens (tertiary/aromatic N) is 3. The molecule has 0 atom stereocenters. The summed E-state index contributed by atoms with van der Waals surface area (Å²) in [5.74, 6) is 0.0943. The number of hydrogen-bond acceptors (Lipinski definition) is 5. The molecule has 2 amide bonds. The minimum absolute atomic E-state index is 0.0211. The maximum Gasteiger partial charge on any atom is 0.269 e. The van der Waals surface area contributed by atoms with Gasteiger partial charge in [0.25, 0.3) is 5.69 Å². The van der Waals surface area contributed by atoms with Crippen LogP contribution in [0.3, 0.4) is 0 Å². The van der Waals surface area contributed by atoms with Crippen LogP contribution >= 0.6 is 11.8 Å². The Kier molecular flexibility index (Phi) is 7.30. The van der Waals surface area contributed by atoms with Crippen molar-refractivity contribution in [3.05, 3.63) is 64.8 Å². The second-order valence-electron chi connectivity index (χ2n) is 6.87. The summed E-state index contributed by atoms with van der Waals surface area (Å²) < 4.78 is 1.91. The van der Waals surface area contributed by atoms with E-state index in [-0.39, 0.29) is 29.8 Å². The second-order valence-corrected chi connectivity index (χ2v) is 7.92. The fraction of sp³-hybridized carbons (Fsp3) is 0.273. The van der Waals surface area contributed by atoms with Gasteiger partial charge in [-0.15, -0.1) is 11.8 Å². The van der Waals surface area contributed by atoms with Gasteiger partial charge in [-0.3, -0.25) is 19.7 Å². The minimum Gasteiger partial charge on any atom is -0.342 e. The number of nitro benzene ring substituents is 1. The van der Waals surface area contributed by atoms with Crippen LogP contribution < -0.4 is 5.32 Å². The van der Waals surface area contributed by atoms with E-state index in [0.29, 0.717) is 18.8 Å². The molecule has 1 heterocycles. The van der Waals surface area contributed by atoms with Gasteiger partial charge in [0.05, 0.1) is 10.7 Å². The van der Waals surface area contributed by atoms with Crippen LogP contribution in [0.4, 0.5) is 11.4 Å². The zero-order valence-corrected chi connectivity index (χ0v) is 18.2. The average Bonchev–Trinajstić information content (AvgIpc) is 3.15. The monoisotopic (exact) mass is 440 g/mol. The van der Waals surface area contributed by atoms with E-state index < -0.39 is 4.92 Å². The number of carbonyl (C=O) groups is 2. The van der Waals surface area contributed by atoms with Gasteiger partial charge < -0.3 is 14.8 Å². The lowest BCUT2D eigenvalue weighted by Gasteiger charge is -2.19. The summed E-state index contributed by atoms with van der Waals surface area (Å²) in [6.45, 7) is 5.57. The van der Waals surface area contributed by atoms with Gasteiger partial charge >= 0.3 is 0 Å². The average molecular weight is 441 g/mol. The number of benzene rings is 2. The predicted octanol–water partition coefficient (Wildman–Crippen LogP) is 4.15. The zero-order valence-electron chi connectivity index (χ0n) is 17.4. The number of nitro groups is 1. The number of amides is 2. The van der Waals surface area contributed by atoms with Crippen molar-refractivity contribution in [2.24, 2.45) is 0 Å². The molecule has 0 radical (unpaired) electrons. The minimum atomic E-state index is -0.454. The first-order chi connectivity index (χ1) is 14.9. The molecule has 1 N–H and O–H groups in total. The molecule has 3 rings (SSSR count). The van der Waals surface area contributed by atoms with E-state index in [0.717, 1.165) is 15.8 Å². The van der Waals surface area contributed by atoms with Gasteiger partial charge in [-0.25, -0.2) is 0 Å². The van der Waals surface area contributed by atoms with Gasteiger partial charge in [0.2, 0.25) is 11.8 Å². The van der Waals surface area contributed by atoms with Crippen molar-refractivity contribution in [2.75, 3.05) is 24.2 Å². The molecule has 0 fully saturated rings. The second kappa shape index (κ2) is 10.1. The molecule has 0 saturated heterocycles. The third kappa shape index (κ3) is 5.64. The highest BCUT2D eigenvalue weighted by molar-refractivity contribution is 8.00. The normalized spacial score (nSPS) is 10.8. The fourth-order valence-electron chi connectivity index (χ4n) is 3.25. The van der Waals surface area contributed by atoms with Crippen molar-refractivity contribution in [1.29, 1.82) is 0 Å². The Bertz CT molecular complexity index is 1090. The maximum atomic E-state index is 12.4. The number of non-ortho nitro benzene ring substituents is 1. The molecule has 31 heavy (non-hydrogen) atoms. The SMILES string of the molecule is CCN(CC)C(=O)Cn1ccc2cc(NC(=O)CSc3ccc([N+](=O)[O-])cc3)ccc21. The first-order valence-corrected chi connectivity index (χ1v) is 10.9. The van der Waals surface area contributed by atoms with Crippen LogP contribution in [0, 0.1) is 10.1 Å². The first kappa shape index (κ1) is 22.4. The quantitative estimate of drug-likeness (QED) is 0.306. The van der Waals surface area contributed by atoms with Crippen molar-refractivity contribution in [2.45, 2.75) is 25.3 Å². The largest absolute Gasteiger partial charge is 0.342 e. The number of nitrogens with one attached hydrogen (secondary N) is 1. The number of anilines is 1. The number of aromatic nitrogens is 1. The topological polar surface area (TPSA) is 97.5 Å². The van der Waals surface area contributed by atoms with Crippen LogP contribution in [-0.4, -0.2) is 45.0 Å². The lowest BCUT2D eigenvalue weighted by Crippen LogP contribution is -2.33. The summed E-state index contributed by atoms with van der Waals surface area (Å²) in [7, 11) is 0. The molecule has 0 spiro atoms. The van der Waals surface area contributed by atoms with Crippen LogP contribution in [0.2, 0.25) is 0 Å². The van der Waals surface area contributed by atoms with Gasteiger partial charge in [0.15, 0.2) is 0 Å². The molecule has 0 aliphatic heterocycles. The Morgan fingerprint density at radius 2 is 1.81 bits per heavy atom. The van der Waals surface area contributed by atoms with Crippen LogP contribution in [0.1, 0.15) is 13.8 Å². The molecule has 0 aliphatic carbocycles. The van der Waals surface area contributed by atoms with Crippen molar-refractivity contribution < 1.29 is 14.5 Å².